The van der Waals surface area contributed by atoms with Crippen LogP contribution >= 0.6 is 11.8 Å². The van der Waals surface area contributed by atoms with E-state index in [1.54, 1.807) is 11.0 Å². The van der Waals surface area contributed by atoms with Crippen molar-refractivity contribution in [1.29, 1.82) is 0 Å². The zero-order valence-electron chi connectivity index (χ0n) is 24.2. The second-order valence-corrected chi connectivity index (χ2v) is 12.5. The van der Waals surface area contributed by atoms with Crippen LogP contribution in [0, 0.1) is 0 Å². The molecule has 6 rings (SSSR count). The maximum absolute atomic E-state index is 13.7. The molecule has 12 nitrogen and oxygen atoms in total. The van der Waals surface area contributed by atoms with Crippen molar-refractivity contribution in [3.63, 3.8) is 0 Å². The molecule has 3 aromatic rings. The number of benzene rings is 2. The Kier molecular flexibility index (Phi) is 8.15. The van der Waals surface area contributed by atoms with Crippen molar-refractivity contribution in [1.82, 2.24) is 19.8 Å². The topological polar surface area (TPSA) is 164 Å². The SMILES string of the molecule is CC(=O)NC1CCN(C(=O)c2ccc3c(c2)nc2n3C(CCCN=C(N)N)C(=O)Nc3ccc(N4CCSCC4)cc3-2)C1. The molecule has 0 aliphatic carbocycles. The molecule has 13 heteroatoms. The summed E-state index contributed by atoms with van der Waals surface area (Å²) in [5.41, 5.74) is 15.6. The van der Waals surface area contributed by atoms with Gasteiger partial charge in [0.25, 0.3) is 5.91 Å². The van der Waals surface area contributed by atoms with Crippen LogP contribution in [-0.2, 0) is 9.59 Å². The van der Waals surface area contributed by atoms with Crippen LogP contribution in [0.5, 0.6) is 0 Å². The third kappa shape index (κ3) is 5.99. The van der Waals surface area contributed by atoms with E-state index in [0.29, 0.717) is 55.1 Å². The van der Waals surface area contributed by atoms with Gasteiger partial charge in [-0.05, 0) is 55.7 Å². The molecular weight excluding hydrogens is 566 g/mol. The molecule has 4 heterocycles. The van der Waals surface area contributed by atoms with Gasteiger partial charge in [-0.15, -0.1) is 0 Å². The summed E-state index contributed by atoms with van der Waals surface area (Å²) in [7, 11) is 0. The lowest BCUT2D eigenvalue weighted by atomic mass is 10.1. The van der Waals surface area contributed by atoms with Crippen molar-refractivity contribution in [2.75, 3.05) is 54.4 Å². The minimum atomic E-state index is -0.546. The summed E-state index contributed by atoms with van der Waals surface area (Å²) >= 11 is 1.95. The minimum Gasteiger partial charge on any atom is -0.370 e. The largest absolute Gasteiger partial charge is 0.370 e. The molecule has 0 spiro atoms. The number of anilines is 2. The molecule has 0 saturated carbocycles. The van der Waals surface area contributed by atoms with Crippen molar-refractivity contribution in [3.8, 4) is 11.4 Å². The minimum absolute atomic E-state index is 0.0220. The van der Waals surface area contributed by atoms with E-state index >= 15 is 0 Å². The number of aromatic nitrogens is 2. The average molecular weight is 604 g/mol. The van der Waals surface area contributed by atoms with Gasteiger partial charge in [0.05, 0.1) is 16.7 Å². The van der Waals surface area contributed by atoms with Gasteiger partial charge in [-0.3, -0.25) is 19.4 Å². The number of nitrogens with one attached hydrogen (secondary N) is 2. The van der Waals surface area contributed by atoms with Crippen LogP contribution < -0.4 is 27.0 Å². The highest BCUT2D eigenvalue weighted by molar-refractivity contribution is 7.99. The molecule has 6 N–H and O–H groups in total. The number of fused-ring (bicyclic) bond motifs is 5. The molecule has 1 aromatic heterocycles. The van der Waals surface area contributed by atoms with Gasteiger partial charge in [-0.2, -0.15) is 11.8 Å². The van der Waals surface area contributed by atoms with Crippen LogP contribution in [-0.4, -0.2) is 88.4 Å². The Morgan fingerprint density at radius 2 is 1.95 bits per heavy atom. The van der Waals surface area contributed by atoms with E-state index in [9.17, 15) is 14.4 Å². The van der Waals surface area contributed by atoms with Crippen molar-refractivity contribution < 1.29 is 14.4 Å². The van der Waals surface area contributed by atoms with Gasteiger partial charge in [0.15, 0.2) is 5.96 Å². The number of rotatable bonds is 7. The zero-order chi connectivity index (χ0) is 30.1. The van der Waals surface area contributed by atoms with E-state index in [1.165, 1.54) is 6.92 Å². The standard InChI is InChI=1S/C30H37N9O3S/c1-18(40)34-20-8-10-38(17-20)29(42)19-4-7-25-24(15-19)35-27-22-16-21(37-11-13-43-14-12-37)5-6-23(22)36-28(41)26(39(25)27)3-2-9-33-30(31)32/h4-7,15-16,20,26H,2-3,8-14,17H2,1H3,(H,34,40)(H,36,41)(H4,31,32,33). The predicted molar refractivity (Wildman–Crippen MR) is 170 cm³/mol. The van der Waals surface area contributed by atoms with Gasteiger partial charge < -0.3 is 36.5 Å². The highest BCUT2D eigenvalue weighted by atomic mass is 32.2. The molecular formula is C30H37N9O3S. The molecule has 43 heavy (non-hydrogen) atoms. The summed E-state index contributed by atoms with van der Waals surface area (Å²) in [6, 6.07) is 11.0. The molecule has 2 fully saturated rings. The summed E-state index contributed by atoms with van der Waals surface area (Å²) in [6.45, 7) is 4.87. The zero-order valence-corrected chi connectivity index (χ0v) is 25.0. The fraction of sp³-hybridized carbons (Fsp3) is 0.433. The van der Waals surface area contributed by atoms with Crippen LogP contribution in [0.3, 0.4) is 0 Å². The van der Waals surface area contributed by atoms with E-state index in [0.717, 1.165) is 47.8 Å². The number of carbonyl (C=O) groups is 3. The summed E-state index contributed by atoms with van der Waals surface area (Å²) in [4.78, 5) is 52.0. The summed E-state index contributed by atoms with van der Waals surface area (Å²) in [6.07, 6.45) is 1.82. The van der Waals surface area contributed by atoms with Crippen molar-refractivity contribution in [2.45, 2.75) is 38.3 Å². The van der Waals surface area contributed by atoms with E-state index in [4.69, 9.17) is 16.5 Å². The first-order valence-electron chi connectivity index (χ1n) is 14.7. The molecule has 2 aromatic carbocycles. The third-order valence-corrected chi connectivity index (χ3v) is 9.18. The Labute approximate surface area is 254 Å². The second kappa shape index (κ2) is 12.2. The highest BCUT2D eigenvalue weighted by Crippen LogP contribution is 2.40. The van der Waals surface area contributed by atoms with E-state index < -0.39 is 6.04 Å². The quantitative estimate of drug-likeness (QED) is 0.181. The highest BCUT2D eigenvalue weighted by Gasteiger charge is 2.33. The van der Waals surface area contributed by atoms with Gasteiger partial charge in [-0.25, -0.2) is 4.98 Å². The molecule has 2 saturated heterocycles. The molecule has 2 atom stereocenters. The summed E-state index contributed by atoms with van der Waals surface area (Å²) in [5, 5.41) is 6.04. The smallest absolute Gasteiger partial charge is 0.254 e. The summed E-state index contributed by atoms with van der Waals surface area (Å²) in [5.74, 6) is 2.52. The molecule has 3 aliphatic rings. The van der Waals surface area contributed by atoms with Gasteiger partial charge >= 0.3 is 0 Å². The Balaban J connectivity index is 1.39. The lowest BCUT2D eigenvalue weighted by molar-refractivity contribution is -0.120. The van der Waals surface area contributed by atoms with Gasteiger partial charge in [0, 0.05) is 74.0 Å². The van der Waals surface area contributed by atoms with Crippen LogP contribution in [0.2, 0.25) is 0 Å². The van der Waals surface area contributed by atoms with Crippen molar-refractivity contribution >= 4 is 57.9 Å². The van der Waals surface area contributed by atoms with E-state index in [1.807, 2.05) is 34.5 Å². The Morgan fingerprint density at radius 1 is 1.14 bits per heavy atom. The monoisotopic (exact) mass is 603 g/mol. The number of guanidine groups is 1. The first kappa shape index (κ1) is 28.8. The molecule has 3 aliphatic heterocycles. The number of likely N-dealkylation sites (tertiary alicyclic amines) is 1. The number of aliphatic imine (C=N–C) groups is 1. The fourth-order valence-corrected chi connectivity index (χ4v) is 7.10. The normalized spacial score (nSPS) is 19.8. The number of amides is 3. The Hall–Kier alpha value is -4.26. The molecule has 0 radical (unpaired) electrons. The molecule has 0 bridgehead atoms. The van der Waals surface area contributed by atoms with Crippen molar-refractivity contribution in [2.24, 2.45) is 16.5 Å². The van der Waals surface area contributed by atoms with Crippen LogP contribution in [0.15, 0.2) is 41.4 Å². The number of imidazole rings is 1. The molecule has 226 valence electrons. The van der Waals surface area contributed by atoms with Crippen LogP contribution in [0.1, 0.15) is 42.6 Å². The molecule has 3 amide bonds. The summed E-state index contributed by atoms with van der Waals surface area (Å²) < 4.78 is 2.00. The lowest BCUT2D eigenvalue weighted by Crippen LogP contribution is -2.37. The van der Waals surface area contributed by atoms with Gasteiger partial charge in [0.1, 0.15) is 11.9 Å². The number of nitrogens with zero attached hydrogens (tertiary/aromatic N) is 5. The number of thioether (sulfide) groups is 1. The van der Waals surface area contributed by atoms with Gasteiger partial charge in [-0.1, -0.05) is 0 Å². The maximum Gasteiger partial charge on any atom is 0.254 e. The third-order valence-electron chi connectivity index (χ3n) is 8.24. The Bertz CT molecular complexity index is 1590. The van der Waals surface area contributed by atoms with E-state index in [-0.39, 0.29) is 29.7 Å². The van der Waals surface area contributed by atoms with Crippen LogP contribution in [0.4, 0.5) is 11.4 Å². The van der Waals surface area contributed by atoms with Crippen molar-refractivity contribution in [3.05, 3.63) is 42.0 Å². The first-order valence-corrected chi connectivity index (χ1v) is 15.9. The van der Waals surface area contributed by atoms with Gasteiger partial charge in [0.2, 0.25) is 11.8 Å². The number of hydrogen-bond donors (Lipinski definition) is 4. The lowest BCUT2D eigenvalue weighted by Gasteiger charge is -2.29. The number of carbonyl (C=O) groups excluding carboxylic acids is 3. The second-order valence-electron chi connectivity index (χ2n) is 11.2. The number of hydrogen-bond acceptors (Lipinski definition) is 7. The maximum atomic E-state index is 13.7. The fourth-order valence-electron chi connectivity index (χ4n) is 6.20. The first-order chi connectivity index (χ1) is 20.8. The predicted octanol–water partition coefficient (Wildman–Crippen LogP) is 2.15. The van der Waals surface area contributed by atoms with Crippen LogP contribution in [0.25, 0.3) is 22.4 Å². The Morgan fingerprint density at radius 3 is 2.72 bits per heavy atom. The average Bonchev–Trinajstić information content (AvgIpc) is 3.58. The number of nitrogens with two attached hydrogens (primary N) is 2. The van der Waals surface area contributed by atoms with E-state index in [2.05, 4.69) is 32.7 Å². The molecule has 2 unspecified atom stereocenters.